The van der Waals surface area contributed by atoms with Gasteiger partial charge in [-0.25, -0.2) is 13.1 Å². The molecule has 2 N–H and O–H groups in total. The van der Waals surface area contributed by atoms with Crippen molar-refractivity contribution < 1.29 is 13.2 Å². The standard InChI is InChI=1S/C16H26N2O3S/c1-6-12(7-2)15(19)17-13-8-10-14(11-9-13)22(20,21)18-16(3,4)5/h8-12,18H,6-7H2,1-5H3,(H,17,19). The highest BCUT2D eigenvalue weighted by Crippen LogP contribution is 2.18. The number of anilines is 1. The molecule has 124 valence electrons. The predicted molar refractivity (Wildman–Crippen MR) is 89.2 cm³/mol. The molecule has 0 radical (unpaired) electrons. The summed E-state index contributed by atoms with van der Waals surface area (Å²) in [4.78, 5) is 12.2. The highest BCUT2D eigenvalue weighted by atomic mass is 32.2. The van der Waals surface area contributed by atoms with E-state index in [1.165, 1.54) is 12.1 Å². The van der Waals surface area contributed by atoms with Crippen LogP contribution in [0.4, 0.5) is 5.69 Å². The van der Waals surface area contributed by atoms with Gasteiger partial charge < -0.3 is 5.32 Å². The highest BCUT2D eigenvalue weighted by molar-refractivity contribution is 7.89. The molecule has 0 atom stereocenters. The summed E-state index contributed by atoms with van der Waals surface area (Å²) in [6.07, 6.45) is 1.56. The number of hydrogen-bond acceptors (Lipinski definition) is 3. The van der Waals surface area contributed by atoms with Gasteiger partial charge in [0.05, 0.1) is 4.90 Å². The Bertz CT molecular complexity index is 597. The second-order valence-corrected chi connectivity index (χ2v) is 8.06. The first-order valence-electron chi connectivity index (χ1n) is 7.54. The molecule has 0 bridgehead atoms. The second-order valence-electron chi connectivity index (χ2n) is 6.38. The van der Waals surface area contributed by atoms with Crippen molar-refractivity contribution in [3.8, 4) is 0 Å². The summed E-state index contributed by atoms with van der Waals surface area (Å²) in [6, 6.07) is 6.21. The van der Waals surface area contributed by atoms with Crippen molar-refractivity contribution in [1.82, 2.24) is 4.72 Å². The average Bonchev–Trinajstić information content (AvgIpc) is 2.38. The summed E-state index contributed by atoms with van der Waals surface area (Å²) in [5.41, 5.74) is 0.0629. The lowest BCUT2D eigenvalue weighted by Gasteiger charge is -2.20. The van der Waals surface area contributed by atoms with E-state index >= 15 is 0 Å². The number of amides is 1. The van der Waals surface area contributed by atoms with E-state index in [1.807, 2.05) is 13.8 Å². The molecule has 0 aromatic heterocycles. The van der Waals surface area contributed by atoms with Gasteiger partial charge in [-0.15, -0.1) is 0 Å². The first-order valence-corrected chi connectivity index (χ1v) is 9.02. The van der Waals surface area contributed by atoms with Crippen molar-refractivity contribution in [3.63, 3.8) is 0 Å². The Labute approximate surface area is 133 Å². The van der Waals surface area contributed by atoms with Crippen LogP contribution in [0, 0.1) is 5.92 Å². The van der Waals surface area contributed by atoms with Crippen LogP contribution in [-0.2, 0) is 14.8 Å². The van der Waals surface area contributed by atoms with E-state index in [4.69, 9.17) is 0 Å². The number of benzene rings is 1. The molecular formula is C16H26N2O3S. The normalized spacial score (nSPS) is 12.5. The van der Waals surface area contributed by atoms with E-state index < -0.39 is 15.6 Å². The molecule has 0 unspecified atom stereocenters. The Hall–Kier alpha value is -1.40. The molecule has 1 amide bonds. The van der Waals surface area contributed by atoms with Gasteiger partial charge in [0.15, 0.2) is 0 Å². The number of sulfonamides is 1. The molecule has 0 aliphatic heterocycles. The predicted octanol–water partition coefficient (Wildman–Crippen LogP) is 3.14. The van der Waals surface area contributed by atoms with E-state index in [0.29, 0.717) is 5.69 Å². The van der Waals surface area contributed by atoms with Crippen LogP contribution >= 0.6 is 0 Å². The molecule has 0 aliphatic rings. The number of carbonyl (C=O) groups is 1. The summed E-state index contributed by atoms with van der Waals surface area (Å²) < 4.78 is 27.0. The third kappa shape index (κ3) is 5.42. The summed E-state index contributed by atoms with van der Waals surface area (Å²) in [7, 11) is -3.55. The minimum Gasteiger partial charge on any atom is -0.326 e. The second kappa shape index (κ2) is 7.24. The zero-order valence-electron chi connectivity index (χ0n) is 13.9. The fraction of sp³-hybridized carbons (Fsp3) is 0.562. The van der Waals surface area contributed by atoms with Gasteiger partial charge in [-0.05, 0) is 57.9 Å². The molecule has 1 rings (SSSR count). The van der Waals surface area contributed by atoms with Gasteiger partial charge in [0, 0.05) is 17.1 Å². The summed E-state index contributed by atoms with van der Waals surface area (Å²) >= 11 is 0. The maximum atomic E-state index is 12.2. The van der Waals surface area contributed by atoms with Crippen molar-refractivity contribution >= 4 is 21.6 Å². The smallest absolute Gasteiger partial charge is 0.241 e. The van der Waals surface area contributed by atoms with E-state index in [9.17, 15) is 13.2 Å². The fourth-order valence-electron chi connectivity index (χ4n) is 2.08. The van der Waals surface area contributed by atoms with Crippen LogP contribution in [0.25, 0.3) is 0 Å². The van der Waals surface area contributed by atoms with Crippen LogP contribution in [0.5, 0.6) is 0 Å². The van der Waals surface area contributed by atoms with Gasteiger partial charge in [0.25, 0.3) is 0 Å². The molecular weight excluding hydrogens is 300 g/mol. The summed E-state index contributed by atoms with van der Waals surface area (Å²) in [6.45, 7) is 9.31. The summed E-state index contributed by atoms with van der Waals surface area (Å²) in [5.74, 6) is -0.0561. The average molecular weight is 326 g/mol. The van der Waals surface area contributed by atoms with Crippen LogP contribution in [0.1, 0.15) is 47.5 Å². The number of hydrogen-bond donors (Lipinski definition) is 2. The van der Waals surface area contributed by atoms with Crippen LogP contribution in [0.2, 0.25) is 0 Å². The largest absolute Gasteiger partial charge is 0.326 e. The number of rotatable bonds is 6. The zero-order chi connectivity index (χ0) is 17.0. The van der Waals surface area contributed by atoms with E-state index in [0.717, 1.165) is 12.8 Å². The molecule has 0 spiro atoms. The lowest BCUT2D eigenvalue weighted by molar-refractivity contribution is -0.120. The van der Waals surface area contributed by atoms with Crippen molar-refractivity contribution in [2.45, 2.75) is 57.9 Å². The lowest BCUT2D eigenvalue weighted by Crippen LogP contribution is -2.40. The highest BCUT2D eigenvalue weighted by Gasteiger charge is 2.22. The van der Waals surface area contributed by atoms with E-state index in [-0.39, 0.29) is 16.7 Å². The van der Waals surface area contributed by atoms with Gasteiger partial charge in [-0.2, -0.15) is 0 Å². The first-order chi connectivity index (χ1) is 10.1. The Morgan fingerprint density at radius 1 is 1.09 bits per heavy atom. The molecule has 1 aromatic rings. The Morgan fingerprint density at radius 3 is 2.00 bits per heavy atom. The van der Waals surface area contributed by atoms with Crippen LogP contribution in [-0.4, -0.2) is 19.9 Å². The van der Waals surface area contributed by atoms with Gasteiger partial charge in [0.2, 0.25) is 15.9 Å². The first kappa shape index (κ1) is 18.6. The summed E-state index contributed by atoms with van der Waals surface area (Å²) in [5, 5.41) is 2.82. The van der Waals surface area contributed by atoms with Gasteiger partial charge in [0.1, 0.15) is 0 Å². The Balaban J connectivity index is 2.85. The lowest BCUT2D eigenvalue weighted by atomic mass is 10.0. The van der Waals surface area contributed by atoms with Crippen molar-refractivity contribution in [2.24, 2.45) is 5.92 Å². The molecule has 0 saturated heterocycles. The van der Waals surface area contributed by atoms with E-state index in [1.54, 1.807) is 32.9 Å². The monoisotopic (exact) mass is 326 g/mol. The van der Waals surface area contributed by atoms with Crippen molar-refractivity contribution in [1.29, 1.82) is 0 Å². The van der Waals surface area contributed by atoms with Crippen molar-refractivity contribution in [2.75, 3.05) is 5.32 Å². The minimum absolute atomic E-state index is 0.0223. The van der Waals surface area contributed by atoms with Gasteiger partial charge in [-0.1, -0.05) is 13.8 Å². The fourth-order valence-corrected chi connectivity index (χ4v) is 3.50. The van der Waals surface area contributed by atoms with E-state index in [2.05, 4.69) is 10.0 Å². The number of carbonyl (C=O) groups excluding carboxylic acids is 1. The molecule has 22 heavy (non-hydrogen) atoms. The number of nitrogens with one attached hydrogen (secondary N) is 2. The van der Waals surface area contributed by atoms with Gasteiger partial charge >= 0.3 is 0 Å². The third-order valence-electron chi connectivity index (χ3n) is 3.23. The molecule has 0 fully saturated rings. The molecule has 0 heterocycles. The Kier molecular flexibility index (Phi) is 6.14. The third-order valence-corrected chi connectivity index (χ3v) is 5.00. The molecule has 5 nitrogen and oxygen atoms in total. The maximum absolute atomic E-state index is 12.2. The molecule has 0 aliphatic carbocycles. The molecule has 0 saturated carbocycles. The topological polar surface area (TPSA) is 75.3 Å². The van der Waals surface area contributed by atoms with Gasteiger partial charge in [-0.3, -0.25) is 4.79 Å². The quantitative estimate of drug-likeness (QED) is 0.843. The molecule has 6 heteroatoms. The molecule has 1 aromatic carbocycles. The zero-order valence-corrected chi connectivity index (χ0v) is 14.8. The van der Waals surface area contributed by atoms with Crippen LogP contribution in [0.15, 0.2) is 29.2 Å². The Morgan fingerprint density at radius 2 is 1.59 bits per heavy atom. The van der Waals surface area contributed by atoms with Crippen LogP contribution < -0.4 is 10.0 Å². The van der Waals surface area contributed by atoms with Crippen LogP contribution in [0.3, 0.4) is 0 Å². The van der Waals surface area contributed by atoms with Crippen molar-refractivity contribution in [3.05, 3.63) is 24.3 Å². The maximum Gasteiger partial charge on any atom is 0.241 e. The minimum atomic E-state index is -3.55. The SMILES string of the molecule is CCC(CC)C(=O)Nc1ccc(S(=O)(=O)NC(C)(C)C)cc1.